The summed E-state index contributed by atoms with van der Waals surface area (Å²) >= 11 is 0. The van der Waals surface area contributed by atoms with Crippen LogP contribution >= 0.6 is 0 Å². The molecule has 0 saturated heterocycles. The van der Waals surface area contributed by atoms with E-state index in [1.54, 1.807) is 48.5 Å². The van der Waals surface area contributed by atoms with Gasteiger partial charge in [0.15, 0.2) is 11.6 Å². The summed E-state index contributed by atoms with van der Waals surface area (Å²) < 4.78 is 40.8. The first-order valence-electron chi connectivity index (χ1n) is 13.8. The Morgan fingerprint density at radius 2 is 1.51 bits per heavy atom. The lowest BCUT2D eigenvalue weighted by Gasteiger charge is -2.23. The van der Waals surface area contributed by atoms with Crippen LogP contribution in [0.2, 0.25) is 0 Å². The third-order valence-corrected chi connectivity index (χ3v) is 7.94. The van der Waals surface area contributed by atoms with Gasteiger partial charge in [-0.2, -0.15) is 0 Å². The Hall–Kier alpha value is -5.40. The first-order chi connectivity index (χ1) is 21.6. The number of nitrogens with one attached hydrogen (secondary N) is 2. The number of methoxy groups -OCH3 is 2. The molecule has 0 bridgehead atoms. The maximum atomic E-state index is 13.8. The first-order valence-corrected chi connectivity index (χ1v) is 15.3. The third-order valence-electron chi connectivity index (χ3n) is 6.60. The molecule has 5 aromatic rings. The summed E-state index contributed by atoms with van der Waals surface area (Å²) in [7, 11) is -1.16. The summed E-state index contributed by atoms with van der Waals surface area (Å²) in [5, 5.41) is 4.40. The highest BCUT2D eigenvalue weighted by molar-refractivity contribution is 7.92. The number of hydroxylamine groups is 1. The number of hydrogen-bond donors (Lipinski definition) is 3. The van der Waals surface area contributed by atoms with Gasteiger partial charge in [0.05, 0.1) is 42.4 Å². The molecule has 0 spiro atoms. The van der Waals surface area contributed by atoms with E-state index in [2.05, 4.69) is 20.0 Å². The Morgan fingerprint density at radius 3 is 2.16 bits per heavy atom. The van der Waals surface area contributed by atoms with Gasteiger partial charge >= 0.3 is 0 Å². The molecule has 0 aliphatic rings. The number of aryl methyl sites for hydroxylation is 1. The first kappa shape index (κ1) is 31.0. The zero-order valence-electron chi connectivity index (χ0n) is 24.9. The lowest BCUT2D eigenvalue weighted by molar-refractivity contribution is -0.118. The number of para-hydroxylation sites is 2. The van der Waals surface area contributed by atoms with E-state index >= 15 is 0 Å². The summed E-state index contributed by atoms with van der Waals surface area (Å²) in [5.41, 5.74) is 9.28. The molecular formula is C32H32N6O6S. The van der Waals surface area contributed by atoms with Gasteiger partial charge in [-0.1, -0.05) is 48.0 Å². The number of anilines is 4. The number of amides is 1. The molecule has 0 aliphatic heterocycles. The highest BCUT2D eigenvalue weighted by atomic mass is 32.2. The standard InChI is InChI=1S/C32H32N6O6S/c1-21-8-6-9-22(14-21)20-44-38(19-30(33)39)24-10-7-11-27(17-24)45(40,41)37-32-31(35-28-12-4-5-13-29(28)36-32)34-23-15-25(42-2)18-26(16-23)43-3/h4-18H,19-20H2,1-3H3,(H2,33,39)(H,34,35)(H,36,37). The van der Waals surface area contributed by atoms with Crippen molar-refractivity contribution >= 4 is 50.0 Å². The number of sulfonamides is 1. The molecule has 1 heterocycles. The highest BCUT2D eigenvalue weighted by Gasteiger charge is 2.22. The topological polar surface area (TPSA) is 158 Å². The van der Waals surface area contributed by atoms with Crippen LogP contribution in [0.5, 0.6) is 11.5 Å². The molecule has 0 fully saturated rings. The Morgan fingerprint density at radius 1 is 0.844 bits per heavy atom. The summed E-state index contributed by atoms with van der Waals surface area (Å²) in [6.45, 7) is 1.80. The fraction of sp³-hybridized carbons (Fsp3) is 0.156. The summed E-state index contributed by atoms with van der Waals surface area (Å²) in [6.07, 6.45) is 0. The van der Waals surface area contributed by atoms with Gasteiger partial charge in [0, 0.05) is 23.9 Å². The minimum Gasteiger partial charge on any atom is -0.497 e. The van der Waals surface area contributed by atoms with E-state index in [-0.39, 0.29) is 29.7 Å². The molecule has 4 aromatic carbocycles. The van der Waals surface area contributed by atoms with E-state index in [1.165, 1.54) is 31.4 Å². The van der Waals surface area contributed by atoms with Gasteiger partial charge in [-0.05, 0) is 42.8 Å². The molecule has 5 rings (SSSR count). The van der Waals surface area contributed by atoms with Gasteiger partial charge in [0.25, 0.3) is 10.0 Å². The van der Waals surface area contributed by atoms with E-state index in [9.17, 15) is 13.2 Å². The number of nitrogens with zero attached hydrogens (tertiary/aromatic N) is 3. The van der Waals surface area contributed by atoms with Crippen LogP contribution in [0.3, 0.4) is 0 Å². The maximum Gasteiger partial charge on any atom is 0.263 e. The average Bonchev–Trinajstić information content (AvgIpc) is 3.03. The number of aromatic nitrogens is 2. The smallest absolute Gasteiger partial charge is 0.263 e. The Kier molecular flexibility index (Phi) is 9.31. The van der Waals surface area contributed by atoms with Gasteiger partial charge < -0.3 is 20.5 Å². The molecule has 13 heteroatoms. The minimum atomic E-state index is -4.22. The zero-order chi connectivity index (χ0) is 32.0. The van der Waals surface area contributed by atoms with Gasteiger partial charge in [-0.15, -0.1) is 0 Å². The van der Waals surface area contributed by atoms with Gasteiger partial charge in [-0.3, -0.25) is 14.4 Å². The van der Waals surface area contributed by atoms with Crippen molar-refractivity contribution in [1.29, 1.82) is 0 Å². The molecule has 0 aliphatic carbocycles. The summed E-state index contributed by atoms with van der Waals surface area (Å²) in [6, 6.07) is 25.9. The maximum absolute atomic E-state index is 13.8. The molecule has 0 saturated carbocycles. The normalized spacial score (nSPS) is 11.2. The van der Waals surface area contributed by atoms with E-state index in [4.69, 9.17) is 20.0 Å². The molecule has 45 heavy (non-hydrogen) atoms. The second-order valence-corrected chi connectivity index (χ2v) is 11.7. The average molecular weight is 629 g/mol. The number of fused-ring (bicyclic) bond motifs is 1. The number of carbonyl (C=O) groups excluding carboxylic acids is 1. The van der Waals surface area contributed by atoms with Gasteiger partial charge in [0.1, 0.15) is 18.0 Å². The quantitative estimate of drug-likeness (QED) is 0.153. The lowest BCUT2D eigenvalue weighted by Crippen LogP contribution is -2.34. The van der Waals surface area contributed by atoms with E-state index in [0.717, 1.165) is 11.1 Å². The fourth-order valence-electron chi connectivity index (χ4n) is 4.47. The number of benzene rings is 4. The number of primary amides is 1. The SMILES string of the molecule is COc1cc(Nc2nc3ccccc3nc2NS(=O)(=O)c2cccc(N(CC(N)=O)OCc3cccc(C)c3)c2)cc(OC)c1. The molecule has 12 nitrogen and oxygen atoms in total. The predicted octanol–water partition coefficient (Wildman–Crippen LogP) is 4.92. The fourth-order valence-corrected chi connectivity index (χ4v) is 5.52. The predicted molar refractivity (Wildman–Crippen MR) is 172 cm³/mol. The summed E-state index contributed by atoms with van der Waals surface area (Å²) in [4.78, 5) is 26.9. The van der Waals surface area contributed by atoms with Crippen LogP contribution in [-0.2, 0) is 26.3 Å². The van der Waals surface area contributed by atoms with Gasteiger partial charge in [-0.25, -0.2) is 23.4 Å². The monoisotopic (exact) mass is 628 g/mol. The molecule has 0 unspecified atom stereocenters. The van der Waals surface area contributed by atoms with Crippen molar-refractivity contribution in [1.82, 2.24) is 9.97 Å². The van der Waals surface area contributed by atoms with Crippen molar-refractivity contribution in [3.8, 4) is 11.5 Å². The Labute approximate surface area is 260 Å². The zero-order valence-corrected chi connectivity index (χ0v) is 25.7. The number of ether oxygens (including phenoxy) is 2. The molecule has 0 radical (unpaired) electrons. The van der Waals surface area contributed by atoms with Crippen molar-refractivity contribution < 1.29 is 27.5 Å². The van der Waals surface area contributed by atoms with Crippen molar-refractivity contribution in [3.05, 3.63) is 102 Å². The second-order valence-electron chi connectivity index (χ2n) is 10.0. The van der Waals surface area contributed by atoms with Crippen LogP contribution in [0, 0.1) is 6.92 Å². The van der Waals surface area contributed by atoms with Crippen LogP contribution in [0.25, 0.3) is 11.0 Å². The molecular weight excluding hydrogens is 596 g/mol. The molecule has 0 atom stereocenters. The molecule has 4 N–H and O–H groups in total. The number of nitrogens with two attached hydrogens (primary N) is 1. The van der Waals surface area contributed by atoms with Crippen molar-refractivity contribution in [3.63, 3.8) is 0 Å². The Balaban J connectivity index is 1.47. The third kappa shape index (κ3) is 7.77. The van der Waals surface area contributed by atoms with Crippen molar-refractivity contribution in [2.75, 3.05) is 35.9 Å². The number of carbonyl (C=O) groups is 1. The summed E-state index contributed by atoms with van der Waals surface area (Å²) in [5.74, 6) is 0.512. The van der Waals surface area contributed by atoms with Crippen molar-refractivity contribution in [2.45, 2.75) is 18.4 Å². The molecule has 232 valence electrons. The number of hydrogen-bond acceptors (Lipinski definition) is 10. The Bertz CT molecular complexity index is 1930. The van der Waals surface area contributed by atoms with E-state index in [1.807, 2.05) is 37.3 Å². The largest absolute Gasteiger partial charge is 0.497 e. The van der Waals surface area contributed by atoms with Crippen LogP contribution in [0.4, 0.5) is 23.0 Å². The van der Waals surface area contributed by atoms with E-state index < -0.39 is 15.9 Å². The van der Waals surface area contributed by atoms with Gasteiger partial charge in [0.2, 0.25) is 5.91 Å². The van der Waals surface area contributed by atoms with Crippen LogP contribution < -0.4 is 30.3 Å². The highest BCUT2D eigenvalue weighted by Crippen LogP contribution is 2.32. The van der Waals surface area contributed by atoms with Crippen LogP contribution in [0.15, 0.2) is 95.9 Å². The minimum absolute atomic E-state index is 0.0365. The van der Waals surface area contributed by atoms with Crippen LogP contribution in [0.1, 0.15) is 11.1 Å². The van der Waals surface area contributed by atoms with Crippen LogP contribution in [-0.4, -0.2) is 45.1 Å². The van der Waals surface area contributed by atoms with E-state index in [0.29, 0.717) is 33.9 Å². The molecule has 1 amide bonds. The van der Waals surface area contributed by atoms with Crippen molar-refractivity contribution in [2.24, 2.45) is 5.73 Å². The second kappa shape index (κ2) is 13.5. The molecule has 1 aromatic heterocycles. The number of rotatable bonds is 13. The lowest BCUT2D eigenvalue weighted by atomic mass is 10.1.